The second-order valence-electron chi connectivity index (χ2n) is 5.53. The second kappa shape index (κ2) is 6.46. The topological polar surface area (TPSA) is 26.7 Å². The van der Waals surface area contributed by atoms with E-state index >= 15 is 0 Å². The van der Waals surface area contributed by atoms with Crippen LogP contribution in [0, 0.1) is 5.82 Å². The van der Waals surface area contributed by atoms with E-state index in [4.69, 9.17) is 0 Å². The van der Waals surface area contributed by atoms with Crippen LogP contribution in [0.2, 0.25) is 0 Å². The van der Waals surface area contributed by atoms with Crippen LogP contribution < -0.4 is 0 Å². The van der Waals surface area contributed by atoms with Gasteiger partial charge in [0.05, 0.1) is 6.10 Å². The number of aliphatic hydroxyl groups is 1. The molecule has 0 aromatic heterocycles. The molecule has 1 aromatic rings. The first-order valence-electron chi connectivity index (χ1n) is 6.89. The fourth-order valence-corrected chi connectivity index (χ4v) is 2.71. The minimum absolute atomic E-state index is 0.321. The lowest BCUT2D eigenvalue weighted by molar-refractivity contribution is 0.0780. The molecule has 0 saturated carbocycles. The molecule has 2 rings (SSSR count). The van der Waals surface area contributed by atoms with Crippen LogP contribution in [-0.2, 0) is 0 Å². The van der Waals surface area contributed by atoms with E-state index < -0.39 is 6.10 Å². The normalized spacial score (nSPS) is 19.8. The average Bonchev–Trinajstić information content (AvgIpc) is 2.39. The van der Waals surface area contributed by atoms with Gasteiger partial charge in [-0.15, -0.1) is 0 Å². The van der Waals surface area contributed by atoms with Gasteiger partial charge in [0, 0.05) is 18.2 Å². The summed E-state index contributed by atoms with van der Waals surface area (Å²) in [6, 6.07) is 7.10. The molecule has 0 bridgehead atoms. The van der Waals surface area contributed by atoms with Crippen LogP contribution >= 0.6 is 0 Å². The van der Waals surface area contributed by atoms with E-state index in [2.05, 4.69) is 23.9 Å². The predicted molar refractivity (Wildman–Crippen MR) is 74.5 cm³/mol. The van der Waals surface area contributed by atoms with E-state index in [1.807, 2.05) is 0 Å². The summed E-state index contributed by atoms with van der Waals surface area (Å²) in [6.45, 7) is 2.45. The largest absolute Gasteiger partial charge is 0.387 e. The fourth-order valence-electron chi connectivity index (χ4n) is 2.71. The number of hydrogen-bond acceptors (Lipinski definition) is 3. The van der Waals surface area contributed by atoms with E-state index in [9.17, 15) is 9.50 Å². The first-order valence-corrected chi connectivity index (χ1v) is 6.89. The zero-order valence-electron chi connectivity index (χ0n) is 11.7. The smallest absolute Gasteiger partial charge is 0.129 e. The van der Waals surface area contributed by atoms with Crippen molar-refractivity contribution in [3.8, 4) is 0 Å². The van der Waals surface area contributed by atoms with Crippen molar-refractivity contribution in [3.05, 3.63) is 35.6 Å². The quantitative estimate of drug-likeness (QED) is 0.901. The summed E-state index contributed by atoms with van der Waals surface area (Å²) in [5, 5.41) is 10.1. The first-order chi connectivity index (χ1) is 9.08. The van der Waals surface area contributed by atoms with Crippen molar-refractivity contribution in [2.24, 2.45) is 0 Å². The van der Waals surface area contributed by atoms with E-state index in [0.717, 1.165) is 25.9 Å². The Balaban J connectivity index is 1.87. The Labute approximate surface area is 114 Å². The van der Waals surface area contributed by atoms with Crippen LogP contribution in [0.3, 0.4) is 0 Å². The molecule has 0 radical (unpaired) electrons. The van der Waals surface area contributed by atoms with Crippen LogP contribution in [0.5, 0.6) is 0 Å². The summed E-state index contributed by atoms with van der Waals surface area (Å²) < 4.78 is 13.6. The third-order valence-corrected chi connectivity index (χ3v) is 3.98. The van der Waals surface area contributed by atoms with Gasteiger partial charge in [-0.3, -0.25) is 0 Å². The van der Waals surface area contributed by atoms with Gasteiger partial charge in [0.25, 0.3) is 0 Å². The monoisotopic (exact) mass is 266 g/mol. The molecule has 1 fully saturated rings. The maximum Gasteiger partial charge on any atom is 0.129 e. The van der Waals surface area contributed by atoms with Crippen molar-refractivity contribution in [3.63, 3.8) is 0 Å². The molecule has 1 N–H and O–H groups in total. The average molecular weight is 266 g/mol. The Morgan fingerprint density at radius 1 is 1.32 bits per heavy atom. The number of piperidine rings is 1. The molecule has 1 saturated heterocycles. The Kier molecular flexibility index (Phi) is 4.91. The van der Waals surface area contributed by atoms with Gasteiger partial charge in [0.15, 0.2) is 0 Å². The number of benzene rings is 1. The molecule has 0 spiro atoms. The van der Waals surface area contributed by atoms with Gasteiger partial charge in [-0.2, -0.15) is 0 Å². The minimum atomic E-state index is -0.739. The lowest BCUT2D eigenvalue weighted by Crippen LogP contribution is -2.43. The Bertz CT molecular complexity index is 403. The molecule has 106 valence electrons. The van der Waals surface area contributed by atoms with Gasteiger partial charge in [-0.1, -0.05) is 18.2 Å². The van der Waals surface area contributed by atoms with Crippen molar-refractivity contribution in [1.29, 1.82) is 0 Å². The maximum absolute atomic E-state index is 13.6. The van der Waals surface area contributed by atoms with Crippen LogP contribution in [-0.4, -0.2) is 54.7 Å². The van der Waals surface area contributed by atoms with Crippen LogP contribution in [0.15, 0.2) is 24.3 Å². The van der Waals surface area contributed by atoms with Gasteiger partial charge in [-0.25, -0.2) is 4.39 Å². The summed E-state index contributed by atoms with van der Waals surface area (Å²) in [5.74, 6) is -0.321. The van der Waals surface area contributed by atoms with Gasteiger partial charge in [0.1, 0.15) is 5.82 Å². The number of halogens is 1. The second-order valence-corrected chi connectivity index (χ2v) is 5.53. The fraction of sp³-hybridized carbons (Fsp3) is 0.600. The molecular formula is C15H23FN2O. The van der Waals surface area contributed by atoms with Gasteiger partial charge in [0.2, 0.25) is 0 Å². The zero-order chi connectivity index (χ0) is 13.8. The maximum atomic E-state index is 13.6. The lowest BCUT2D eigenvalue weighted by Gasteiger charge is -2.36. The highest BCUT2D eigenvalue weighted by Gasteiger charge is 2.23. The van der Waals surface area contributed by atoms with Crippen molar-refractivity contribution < 1.29 is 9.50 Å². The van der Waals surface area contributed by atoms with E-state index in [0.29, 0.717) is 18.2 Å². The van der Waals surface area contributed by atoms with Crippen LogP contribution in [0.25, 0.3) is 0 Å². The van der Waals surface area contributed by atoms with E-state index in [1.54, 1.807) is 18.2 Å². The molecular weight excluding hydrogens is 243 g/mol. The van der Waals surface area contributed by atoms with Crippen molar-refractivity contribution >= 4 is 0 Å². The van der Waals surface area contributed by atoms with Gasteiger partial charge >= 0.3 is 0 Å². The van der Waals surface area contributed by atoms with Crippen molar-refractivity contribution in [2.45, 2.75) is 25.0 Å². The zero-order valence-corrected chi connectivity index (χ0v) is 11.7. The molecule has 1 atom stereocenters. The molecule has 1 unspecified atom stereocenters. The summed E-state index contributed by atoms with van der Waals surface area (Å²) in [6.07, 6.45) is 1.48. The highest BCUT2D eigenvalue weighted by molar-refractivity contribution is 5.20. The van der Waals surface area contributed by atoms with Crippen LogP contribution in [0.1, 0.15) is 24.5 Å². The molecule has 1 aromatic carbocycles. The Morgan fingerprint density at radius 3 is 2.53 bits per heavy atom. The van der Waals surface area contributed by atoms with Crippen molar-refractivity contribution in [1.82, 2.24) is 9.80 Å². The molecule has 1 heterocycles. The standard InChI is InChI=1S/C15H23FN2O/c1-17(2)12-7-9-18(10-8-12)11-15(19)13-5-3-4-6-14(13)16/h3-6,12,15,19H,7-11H2,1-2H3. The third kappa shape index (κ3) is 3.75. The molecule has 0 amide bonds. The van der Waals surface area contributed by atoms with Crippen molar-refractivity contribution in [2.75, 3.05) is 33.7 Å². The Hall–Kier alpha value is -0.970. The highest BCUT2D eigenvalue weighted by atomic mass is 19.1. The number of nitrogens with zero attached hydrogens (tertiary/aromatic N) is 2. The summed E-state index contributed by atoms with van der Waals surface area (Å²) in [4.78, 5) is 4.47. The number of likely N-dealkylation sites (tertiary alicyclic amines) is 1. The number of hydrogen-bond donors (Lipinski definition) is 1. The van der Waals surface area contributed by atoms with E-state index in [-0.39, 0.29) is 5.82 Å². The Morgan fingerprint density at radius 2 is 1.95 bits per heavy atom. The highest BCUT2D eigenvalue weighted by Crippen LogP contribution is 2.20. The van der Waals surface area contributed by atoms with E-state index in [1.165, 1.54) is 6.07 Å². The summed E-state index contributed by atoms with van der Waals surface area (Å²) in [7, 11) is 4.21. The van der Waals surface area contributed by atoms with Crippen LogP contribution in [0.4, 0.5) is 4.39 Å². The van der Waals surface area contributed by atoms with Gasteiger partial charge in [-0.05, 0) is 46.1 Å². The summed E-state index contributed by atoms with van der Waals surface area (Å²) in [5.41, 5.74) is 0.400. The molecule has 3 nitrogen and oxygen atoms in total. The number of aliphatic hydroxyl groups excluding tert-OH is 1. The molecule has 19 heavy (non-hydrogen) atoms. The summed E-state index contributed by atoms with van der Waals surface area (Å²) >= 11 is 0. The lowest BCUT2D eigenvalue weighted by atomic mass is 10.0. The molecule has 1 aliphatic rings. The predicted octanol–water partition coefficient (Wildman–Crippen LogP) is 1.89. The SMILES string of the molecule is CN(C)C1CCN(CC(O)c2ccccc2F)CC1. The minimum Gasteiger partial charge on any atom is -0.387 e. The third-order valence-electron chi connectivity index (χ3n) is 3.98. The number of β-amino-alcohol motifs (C(OH)–C–C–N with tert-alkyl or cyclic N) is 1. The molecule has 4 heteroatoms. The van der Waals surface area contributed by atoms with Gasteiger partial charge < -0.3 is 14.9 Å². The first kappa shape index (κ1) is 14.4. The molecule has 0 aliphatic carbocycles. The molecule has 1 aliphatic heterocycles. The number of rotatable bonds is 4.